The van der Waals surface area contributed by atoms with Gasteiger partial charge in [-0.25, -0.2) is 0 Å². The molecular formula is C21H23NO4. The van der Waals surface area contributed by atoms with Gasteiger partial charge in [0.1, 0.15) is 0 Å². The van der Waals surface area contributed by atoms with Gasteiger partial charge in [0.15, 0.2) is 5.78 Å². The van der Waals surface area contributed by atoms with Crippen molar-refractivity contribution < 1.29 is 19.4 Å². The molecule has 1 unspecified atom stereocenters. The molecule has 3 rings (SSSR count). The van der Waals surface area contributed by atoms with E-state index in [4.69, 9.17) is 9.84 Å². The largest absolute Gasteiger partial charge is 0.481 e. The smallest absolute Gasteiger partial charge is 0.304 e. The van der Waals surface area contributed by atoms with Gasteiger partial charge in [0, 0.05) is 30.8 Å². The number of rotatable bonds is 6. The van der Waals surface area contributed by atoms with E-state index in [0.717, 1.165) is 17.7 Å². The summed E-state index contributed by atoms with van der Waals surface area (Å²) in [5.74, 6) is -0.769. The molecule has 0 bridgehead atoms. The normalized spacial score (nSPS) is 17.8. The monoisotopic (exact) mass is 353 g/mol. The zero-order valence-electron chi connectivity index (χ0n) is 14.9. The summed E-state index contributed by atoms with van der Waals surface area (Å²) in [5.41, 5.74) is 3.34. The lowest BCUT2D eigenvalue weighted by Crippen LogP contribution is -2.39. The number of nitrogens with zero attached hydrogens (tertiary/aromatic N) is 1. The van der Waals surface area contributed by atoms with Crippen LogP contribution in [-0.2, 0) is 9.53 Å². The third-order valence-corrected chi connectivity index (χ3v) is 4.73. The van der Waals surface area contributed by atoms with E-state index in [1.807, 2.05) is 55.5 Å². The van der Waals surface area contributed by atoms with Crippen molar-refractivity contribution in [1.29, 1.82) is 0 Å². The summed E-state index contributed by atoms with van der Waals surface area (Å²) in [6, 6.07) is 15.1. The van der Waals surface area contributed by atoms with E-state index in [-0.39, 0.29) is 18.3 Å². The van der Waals surface area contributed by atoms with E-state index in [1.54, 1.807) is 0 Å². The molecule has 0 saturated carbocycles. The molecule has 0 spiro atoms. The van der Waals surface area contributed by atoms with E-state index in [9.17, 15) is 9.59 Å². The van der Waals surface area contributed by atoms with E-state index in [0.29, 0.717) is 30.8 Å². The van der Waals surface area contributed by atoms with E-state index in [1.165, 1.54) is 0 Å². The number of carbonyl (C=O) groups excluding carboxylic acids is 1. The number of ketones is 1. The minimum atomic E-state index is -0.785. The Hall–Kier alpha value is -2.50. The van der Waals surface area contributed by atoms with Crippen molar-refractivity contribution in [2.75, 3.05) is 26.2 Å². The van der Waals surface area contributed by atoms with E-state index >= 15 is 0 Å². The van der Waals surface area contributed by atoms with Gasteiger partial charge in [-0.1, -0.05) is 48.5 Å². The van der Waals surface area contributed by atoms with Crippen LogP contribution in [0.15, 0.2) is 48.5 Å². The molecule has 1 aliphatic rings. The van der Waals surface area contributed by atoms with Crippen LogP contribution >= 0.6 is 0 Å². The number of aliphatic carboxylic acids is 1. The predicted molar refractivity (Wildman–Crippen MR) is 98.4 cm³/mol. The fraction of sp³-hybridized carbons (Fsp3) is 0.333. The van der Waals surface area contributed by atoms with E-state index < -0.39 is 5.97 Å². The molecule has 0 aliphatic carbocycles. The third-order valence-electron chi connectivity index (χ3n) is 4.73. The maximum atomic E-state index is 12.7. The van der Waals surface area contributed by atoms with Gasteiger partial charge in [0.2, 0.25) is 0 Å². The molecule has 2 aromatic carbocycles. The zero-order chi connectivity index (χ0) is 18.5. The summed E-state index contributed by atoms with van der Waals surface area (Å²) < 4.78 is 5.83. The Balaban J connectivity index is 1.68. The number of aryl methyl sites for hydroxylation is 1. The van der Waals surface area contributed by atoms with Crippen LogP contribution in [-0.4, -0.2) is 48.0 Å². The van der Waals surface area contributed by atoms with Crippen LogP contribution in [0.1, 0.15) is 39.6 Å². The molecule has 1 N–H and O–H groups in total. The van der Waals surface area contributed by atoms with Gasteiger partial charge < -0.3 is 9.84 Å². The second-order valence-electron chi connectivity index (χ2n) is 6.57. The average molecular weight is 353 g/mol. The quantitative estimate of drug-likeness (QED) is 0.809. The SMILES string of the molecule is Cc1ccccc1C(=O)c1ccc(C2CN(CCC(=O)O)CCO2)cc1. The highest BCUT2D eigenvalue weighted by molar-refractivity contribution is 6.09. The summed E-state index contributed by atoms with van der Waals surface area (Å²) in [7, 11) is 0. The van der Waals surface area contributed by atoms with Gasteiger partial charge in [-0.2, -0.15) is 0 Å². The molecule has 26 heavy (non-hydrogen) atoms. The molecule has 5 nitrogen and oxygen atoms in total. The molecule has 1 fully saturated rings. The molecule has 1 saturated heterocycles. The number of benzene rings is 2. The Morgan fingerprint density at radius 3 is 2.58 bits per heavy atom. The first-order valence-corrected chi connectivity index (χ1v) is 8.80. The van der Waals surface area contributed by atoms with Crippen LogP contribution < -0.4 is 0 Å². The van der Waals surface area contributed by atoms with Gasteiger partial charge in [0.05, 0.1) is 19.1 Å². The summed E-state index contributed by atoms with van der Waals surface area (Å²) in [4.78, 5) is 25.5. The van der Waals surface area contributed by atoms with Crippen LogP contribution in [0.3, 0.4) is 0 Å². The lowest BCUT2D eigenvalue weighted by atomic mass is 9.97. The third kappa shape index (κ3) is 4.36. The van der Waals surface area contributed by atoms with Gasteiger partial charge in [-0.15, -0.1) is 0 Å². The Labute approximate surface area is 153 Å². The van der Waals surface area contributed by atoms with Crippen LogP contribution in [0.25, 0.3) is 0 Å². The van der Waals surface area contributed by atoms with Crippen molar-refractivity contribution in [3.8, 4) is 0 Å². The summed E-state index contributed by atoms with van der Waals surface area (Å²) in [6.45, 7) is 4.45. The highest BCUT2D eigenvalue weighted by Crippen LogP contribution is 2.23. The van der Waals surface area contributed by atoms with Crippen molar-refractivity contribution in [3.63, 3.8) is 0 Å². The lowest BCUT2D eigenvalue weighted by molar-refractivity contribution is -0.137. The van der Waals surface area contributed by atoms with Crippen molar-refractivity contribution >= 4 is 11.8 Å². The first-order chi connectivity index (χ1) is 12.5. The maximum absolute atomic E-state index is 12.7. The number of carboxylic acid groups (broad SMARTS) is 1. The molecule has 1 aliphatic heterocycles. The van der Waals surface area contributed by atoms with Gasteiger partial charge in [-0.3, -0.25) is 14.5 Å². The molecule has 5 heteroatoms. The van der Waals surface area contributed by atoms with Crippen LogP contribution in [0.4, 0.5) is 0 Å². The summed E-state index contributed by atoms with van der Waals surface area (Å²) >= 11 is 0. The van der Waals surface area contributed by atoms with Crippen LogP contribution in [0, 0.1) is 6.92 Å². The van der Waals surface area contributed by atoms with Crippen molar-refractivity contribution in [2.24, 2.45) is 0 Å². The number of carboxylic acids is 1. The zero-order valence-corrected chi connectivity index (χ0v) is 14.9. The molecule has 2 aromatic rings. The number of morpholine rings is 1. The van der Waals surface area contributed by atoms with Crippen LogP contribution in [0.5, 0.6) is 0 Å². The molecule has 0 aromatic heterocycles. The first-order valence-electron chi connectivity index (χ1n) is 8.80. The summed E-state index contributed by atoms with van der Waals surface area (Å²) in [5, 5.41) is 8.83. The Bertz CT molecular complexity index is 785. The van der Waals surface area contributed by atoms with Crippen molar-refractivity contribution in [3.05, 3.63) is 70.8 Å². The number of hydrogen-bond acceptors (Lipinski definition) is 4. The van der Waals surface area contributed by atoms with Crippen molar-refractivity contribution in [2.45, 2.75) is 19.4 Å². The second-order valence-corrected chi connectivity index (χ2v) is 6.57. The Kier molecular flexibility index (Phi) is 5.81. The standard InChI is InChI=1S/C21H23NO4/c1-15-4-2-3-5-18(15)21(25)17-8-6-16(7-9-17)19-14-22(12-13-26-19)11-10-20(23)24/h2-9,19H,10-14H2,1H3,(H,23,24). The molecule has 0 amide bonds. The molecule has 1 atom stereocenters. The lowest BCUT2D eigenvalue weighted by Gasteiger charge is -2.32. The predicted octanol–water partition coefficient (Wildman–Crippen LogP) is 3.07. The second kappa shape index (κ2) is 8.25. The van der Waals surface area contributed by atoms with Crippen molar-refractivity contribution in [1.82, 2.24) is 4.90 Å². The fourth-order valence-electron chi connectivity index (χ4n) is 3.19. The summed E-state index contributed by atoms with van der Waals surface area (Å²) in [6.07, 6.45) is 0.0384. The fourth-order valence-corrected chi connectivity index (χ4v) is 3.19. The number of ether oxygens (including phenoxy) is 1. The average Bonchev–Trinajstić information content (AvgIpc) is 2.66. The molecule has 0 radical (unpaired) electrons. The number of hydrogen-bond donors (Lipinski definition) is 1. The minimum Gasteiger partial charge on any atom is -0.481 e. The first kappa shape index (κ1) is 18.3. The molecule has 1 heterocycles. The minimum absolute atomic E-state index is 0.0160. The van der Waals surface area contributed by atoms with Gasteiger partial charge in [0.25, 0.3) is 0 Å². The maximum Gasteiger partial charge on any atom is 0.304 e. The Morgan fingerprint density at radius 2 is 1.88 bits per heavy atom. The number of carbonyl (C=O) groups is 2. The van der Waals surface area contributed by atoms with Gasteiger partial charge >= 0.3 is 5.97 Å². The van der Waals surface area contributed by atoms with E-state index in [2.05, 4.69) is 4.90 Å². The van der Waals surface area contributed by atoms with Gasteiger partial charge in [-0.05, 0) is 18.1 Å². The topological polar surface area (TPSA) is 66.8 Å². The highest BCUT2D eigenvalue weighted by atomic mass is 16.5. The van der Waals surface area contributed by atoms with Crippen LogP contribution in [0.2, 0.25) is 0 Å². The highest BCUT2D eigenvalue weighted by Gasteiger charge is 2.22. The molecular weight excluding hydrogens is 330 g/mol. The molecule has 136 valence electrons. The Morgan fingerprint density at radius 1 is 1.15 bits per heavy atom.